The van der Waals surface area contributed by atoms with Crippen LogP contribution in [0.4, 0.5) is 0 Å². The molecule has 0 aromatic carbocycles. The zero-order chi connectivity index (χ0) is 13.1. The number of nitriles is 1. The van der Waals surface area contributed by atoms with E-state index in [9.17, 15) is 10.4 Å². The number of nitrogens with zero attached hydrogens (tertiary/aromatic N) is 1. The fourth-order valence-electron chi connectivity index (χ4n) is 4.12. The van der Waals surface area contributed by atoms with Gasteiger partial charge in [0.05, 0.1) is 17.1 Å². The highest BCUT2D eigenvalue weighted by molar-refractivity contribution is 5.12. The Labute approximate surface area is 111 Å². The molecule has 2 nitrogen and oxygen atoms in total. The maximum atomic E-state index is 11.1. The number of rotatable bonds is 2. The second-order valence-corrected chi connectivity index (χ2v) is 6.59. The third-order valence-electron chi connectivity index (χ3n) is 5.54. The zero-order valence-electron chi connectivity index (χ0n) is 11.7. The van der Waals surface area contributed by atoms with Gasteiger partial charge in [-0.15, -0.1) is 0 Å². The summed E-state index contributed by atoms with van der Waals surface area (Å²) in [4.78, 5) is 0. The van der Waals surface area contributed by atoms with Crippen LogP contribution in [0, 0.1) is 22.7 Å². The van der Waals surface area contributed by atoms with Gasteiger partial charge in [0.1, 0.15) is 0 Å². The molecule has 0 aromatic rings. The van der Waals surface area contributed by atoms with E-state index in [1.807, 2.05) is 6.92 Å². The average molecular weight is 249 g/mol. The molecule has 2 aliphatic rings. The summed E-state index contributed by atoms with van der Waals surface area (Å²) in [5, 5.41) is 20.8. The molecule has 0 spiro atoms. The van der Waals surface area contributed by atoms with E-state index in [1.165, 1.54) is 32.1 Å². The molecule has 1 atom stereocenters. The summed E-state index contributed by atoms with van der Waals surface area (Å²) < 4.78 is 0. The summed E-state index contributed by atoms with van der Waals surface area (Å²) in [5.74, 6) is 0.337. The molecular weight excluding hydrogens is 222 g/mol. The minimum atomic E-state index is -0.785. The van der Waals surface area contributed by atoms with Gasteiger partial charge in [-0.3, -0.25) is 0 Å². The maximum Gasteiger partial charge on any atom is 0.0860 e. The van der Waals surface area contributed by atoms with Crippen molar-refractivity contribution in [3.05, 3.63) is 0 Å². The van der Waals surface area contributed by atoms with Crippen LogP contribution in [-0.2, 0) is 0 Å². The van der Waals surface area contributed by atoms with Gasteiger partial charge in [0.2, 0.25) is 0 Å². The average Bonchev–Trinajstić information content (AvgIpc) is 2.66. The molecule has 0 radical (unpaired) electrons. The Hall–Kier alpha value is -0.550. The molecule has 2 fully saturated rings. The summed E-state index contributed by atoms with van der Waals surface area (Å²) in [6.45, 7) is 1.96. The van der Waals surface area contributed by atoms with E-state index in [4.69, 9.17) is 0 Å². The second-order valence-electron chi connectivity index (χ2n) is 6.59. The van der Waals surface area contributed by atoms with Gasteiger partial charge in [0.15, 0.2) is 0 Å². The molecule has 2 aliphatic carbocycles. The van der Waals surface area contributed by atoms with Crippen molar-refractivity contribution in [2.75, 3.05) is 0 Å². The predicted molar refractivity (Wildman–Crippen MR) is 72.9 cm³/mol. The molecule has 1 N–H and O–H groups in total. The van der Waals surface area contributed by atoms with E-state index >= 15 is 0 Å². The Balaban J connectivity index is 2.20. The highest BCUT2D eigenvalue weighted by Crippen LogP contribution is 2.50. The van der Waals surface area contributed by atoms with E-state index in [1.54, 1.807) is 0 Å². The van der Waals surface area contributed by atoms with Gasteiger partial charge in [-0.2, -0.15) is 5.26 Å². The van der Waals surface area contributed by atoms with Crippen molar-refractivity contribution in [2.24, 2.45) is 11.3 Å². The normalized spacial score (nSPS) is 28.9. The predicted octanol–water partition coefficient (Wildman–Crippen LogP) is 4.18. The highest BCUT2D eigenvalue weighted by atomic mass is 16.3. The van der Waals surface area contributed by atoms with Gasteiger partial charge in [-0.05, 0) is 38.5 Å². The van der Waals surface area contributed by atoms with Crippen molar-refractivity contribution >= 4 is 0 Å². The highest BCUT2D eigenvalue weighted by Gasteiger charge is 2.51. The standard InChI is InChI=1S/C16H27NO/c1-15(18,14-9-5-4-6-10-14)16(13-17)11-7-2-3-8-12-16/h14,18H,2-12H2,1H3. The van der Waals surface area contributed by atoms with Gasteiger partial charge in [0.25, 0.3) is 0 Å². The summed E-state index contributed by atoms with van der Waals surface area (Å²) in [7, 11) is 0. The first kappa shape index (κ1) is 13.9. The molecule has 0 amide bonds. The van der Waals surface area contributed by atoms with Crippen LogP contribution in [0.15, 0.2) is 0 Å². The van der Waals surface area contributed by atoms with Crippen LogP contribution >= 0.6 is 0 Å². The van der Waals surface area contributed by atoms with Crippen molar-refractivity contribution < 1.29 is 5.11 Å². The Morgan fingerprint density at radius 2 is 1.50 bits per heavy atom. The SMILES string of the molecule is CC(O)(C1CCCCC1)C1(C#N)CCCCCC1. The van der Waals surface area contributed by atoms with Crippen molar-refractivity contribution in [3.8, 4) is 6.07 Å². The van der Waals surface area contributed by atoms with Crippen LogP contribution in [0.25, 0.3) is 0 Å². The first-order valence-corrected chi connectivity index (χ1v) is 7.76. The minimum absolute atomic E-state index is 0.337. The quantitative estimate of drug-likeness (QED) is 0.746. The van der Waals surface area contributed by atoms with E-state index in [0.717, 1.165) is 38.5 Å². The Morgan fingerprint density at radius 3 is 2.00 bits per heavy atom. The monoisotopic (exact) mass is 249 g/mol. The van der Waals surface area contributed by atoms with Crippen LogP contribution < -0.4 is 0 Å². The van der Waals surface area contributed by atoms with Crippen LogP contribution in [0.2, 0.25) is 0 Å². The van der Waals surface area contributed by atoms with Gasteiger partial charge >= 0.3 is 0 Å². The third kappa shape index (κ3) is 2.43. The fraction of sp³-hybridized carbons (Fsp3) is 0.938. The molecule has 0 aromatic heterocycles. The molecule has 0 heterocycles. The Bertz CT molecular complexity index is 302. The topological polar surface area (TPSA) is 44.0 Å². The lowest BCUT2D eigenvalue weighted by atomic mass is 9.60. The fourth-order valence-corrected chi connectivity index (χ4v) is 4.12. The zero-order valence-corrected chi connectivity index (χ0v) is 11.7. The number of hydrogen-bond acceptors (Lipinski definition) is 2. The molecule has 0 bridgehead atoms. The second kappa shape index (κ2) is 5.61. The first-order chi connectivity index (χ1) is 8.62. The number of hydrogen-bond donors (Lipinski definition) is 1. The van der Waals surface area contributed by atoms with Crippen molar-refractivity contribution in [2.45, 2.75) is 83.2 Å². The third-order valence-corrected chi connectivity index (χ3v) is 5.54. The molecule has 0 aliphatic heterocycles. The molecule has 0 saturated heterocycles. The largest absolute Gasteiger partial charge is 0.388 e. The Kier molecular flexibility index (Phi) is 4.33. The van der Waals surface area contributed by atoms with Gasteiger partial charge < -0.3 is 5.11 Å². The Morgan fingerprint density at radius 1 is 1.00 bits per heavy atom. The first-order valence-electron chi connectivity index (χ1n) is 7.76. The summed E-state index contributed by atoms with van der Waals surface area (Å²) in [5.41, 5.74) is -1.27. The molecule has 2 rings (SSSR count). The molecule has 2 saturated carbocycles. The van der Waals surface area contributed by atoms with E-state index in [0.29, 0.717) is 5.92 Å². The summed E-state index contributed by atoms with van der Waals surface area (Å²) >= 11 is 0. The maximum absolute atomic E-state index is 11.1. The molecular formula is C16H27NO. The number of aliphatic hydroxyl groups is 1. The van der Waals surface area contributed by atoms with E-state index in [-0.39, 0.29) is 0 Å². The molecule has 1 unspecified atom stereocenters. The smallest absolute Gasteiger partial charge is 0.0860 e. The lowest BCUT2D eigenvalue weighted by molar-refractivity contribution is -0.103. The lowest BCUT2D eigenvalue weighted by Crippen LogP contribution is -2.51. The summed E-state index contributed by atoms with van der Waals surface area (Å²) in [6.07, 6.45) is 12.4. The van der Waals surface area contributed by atoms with Gasteiger partial charge in [-0.25, -0.2) is 0 Å². The molecule has 2 heteroatoms. The molecule has 102 valence electrons. The van der Waals surface area contributed by atoms with Gasteiger partial charge in [0, 0.05) is 0 Å². The van der Waals surface area contributed by atoms with Crippen LogP contribution in [0.3, 0.4) is 0 Å². The van der Waals surface area contributed by atoms with E-state index < -0.39 is 11.0 Å². The van der Waals surface area contributed by atoms with Crippen molar-refractivity contribution in [1.82, 2.24) is 0 Å². The van der Waals surface area contributed by atoms with Crippen molar-refractivity contribution in [1.29, 1.82) is 5.26 Å². The minimum Gasteiger partial charge on any atom is -0.388 e. The van der Waals surface area contributed by atoms with Crippen LogP contribution in [0.1, 0.15) is 77.6 Å². The van der Waals surface area contributed by atoms with E-state index in [2.05, 4.69) is 6.07 Å². The van der Waals surface area contributed by atoms with Crippen molar-refractivity contribution in [3.63, 3.8) is 0 Å². The molecule has 18 heavy (non-hydrogen) atoms. The van der Waals surface area contributed by atoms with Gasteiger partial charge in [-0.1, -0.05) is 44.9 Å². The van der Waals surface area contributed by atoms with Crippen LogP contribution in [-0.4, -0.2) is 10.7 Å². The lowest BCUT2D eigenvalue weighted by Gasteiger charge is -2.46. The summed E-state index contributed by atoms with van der Waals surface area (Å²) in [6, 6.07) is 2.54. The van der Waals surface area contributed by atoms with Crippen LogP contribution in [0.5, 0.6) is 0 Å².